The molecule has 4 aliphatic heterocycles. The van der Waals surface area contributed by atoms with Crippen molar-refractivity contribution in [3.05, 3.63) is 36.5 Å². The lowest BCUT2D eigenvalue weighted by molar-refractivity contribution is -0.309. The normalized spacial score (nSPS) is 38.8. The van der Waals surface area contributed by atoms with E-state index in [2.05, 4.69) is 49.9 Å². The van der Waals surface area contributed by atoms with E-state index in [-0.39, 0.29) is 43.5 Å². The Bertz CT molecular complexity index is 1760. The second-order valence-corrected chi connectivity index (χ2v) is 25.6. The van der Waals surface area contributed by atoms with Gasteiger partial charge in [-0.05, 0) is 100 Å². The van der Waals surface area contributed by atoms with Gasteiger partial charge in [-0.2, -0.15) is 0 Å². The van der Waals surface area contributed by atoms with E-state index < -0.39 is 116 Å². The van der Waals surface area contributed by atoms with E-state index in [1.165, 1.54) is 13.8 Å². The molecule has 17 nitrogen and oxygen atoms in total. The van der Waals surface area contributed by atoms with Gasteiger partial charge in [-0.25, -0.2) is 0 Å². The first kappa shape index (κ1) is 60.4. The number of ketones is 1. The fourth-order valence-electron chi connectivity index (χ4n) is 10.2. The number of halogens is 1. The third kappa shape index (κ3) is 16.2. The van der Waals surface area contributed by atoms with Gasteiger partial charge in [0.15, 0.2) is 36.9 Å². The summed E-state index contributed by atoms with van der Waals surface area (Å²) in [6.45, 7) is 23.2. The lowest BCUT2D eigenvalue weighted by Gasteiger charge is -2.49. The molecule has 0 saturated carbocycles. The summed E-state index contributed by atoms with van der Waals surface area (Å²) in [7, 11) is 4.78. The third-order valence-electron chi connectivity index (χ3n) is 14.5. The standard InChI is InChI=1S/C51H84INO16Si/c1-16-38-28-60-23-22-36-25-30(6)39(56)21-20-29(5)24-37(27-61-50-48(59-15)47(58-14)45(33(9)62-50)69-70(17-2,18-3)19-4)49(52)67-41(57)26-40(66-38)31(7)43(36)68-51-46(65-35(11)55)42(53(12)13)44(32(8)63-51)64-34(10)54/h16,20-21,24,30-33,36-38,40,42-51H,1,17-19,22-23,25-28H2,2-15H3/b21-20+,29-24+/t30-,31+,32?,33?,36+,37-,38?,40-,42?,43-,44-,45-,46?,47?,48?,49+,50-,51+/m1/s1. The molecule has 18 atom stereocenters. The van der Waals surface area contributed by atoms with Crippen LogP contribution in [0.5, 0.6) is 0 Å². The molecule has 0 spiro atoms. The van der Waals surface area contributed by atoms with Crippen molar-refractivity contribution in [2.75, 3.05) is 48.1 Å². The van der Waals surface area contributed by atoms with Gasteiger partial charge < -0.3 is 56.5 Å². The number of fused-ring (bicyclic) bond motifs is 3. The van der Waals surface area contributed by atoms with Crippen molar-refractivity contribution in [1.82, 2.24) is 4.90 Å². The number of rotatable bonds is 16. The average molecular weight is 1120 g/mol. The van der Waals surface area contributed by atoms with Crippen LogP contribution in [-0.2, 0) is 75.7 Å². The minimum absolute atomic E-state index is 0.0621. The number of carbonyl (C=O) groups excluding carboxylic acids is 4. The molecule has 3 fully saturated rings. The van der Waals surface area contributed by atoms with E-state index in [1.54, 1.807) is 53.5 Å². The monoisotopic (exact) mass is 1120 g/mol. The summed E-state index contributed by atoms with van der Waals surface area (Å²) < 4.78 is 75.8. The molecule has 19 heteroatoms. The van der Waals surface area contributed by atoms with Gasteiger partial charge in [0.25, 0.3) is 0 Å². The molecular formula is C51H84INO16Si. The van der Waals surface area contributed by atoms with Crippen LogP contribution >= 0.6 is 22.6 Å². The summed E-state index contributed by atoms with van der Waals surface area (Å²) in [6, 6.07) is 2.24. The van der Waals surface area contributed by atoms with E-state index in [0.717, 1.165) is 23.7 Å². The lowest BCUT2D eigenvalue weighted by atomic mass is 9.79. The Balaban J connectivity index is 1.72. The molecule has 4 aliphatic rings. The van der Waals surface area contributed by atoms with E-state index >= 15 is 0 Å². The summed E-state index contributed by atoms with van der Waals surface area (Å²) in [6.07, 6.45) is -0.946. The minimum atomic E-state index is -2.06. The van der Waals surface area contributed by atoms with E-state index in [4.69, 9.17) is 56.5 Å². The number of esters is 3. The highest BCUT2D eigenvalue weighted by Crippen LogP contribution is 2.39. The maximum Gasteiger partial charge on any atom is 0.309 e. The van der Waals surface area contributed by atoms with Crippen molar-refractivity contribution >= 4 is 54.6 Å². The van der Waals surface area contributed by atoms with Gasteiger partial charge in [-0.1, -0.05) is 58.4 Å². The number of carbonyl (C=O) groups is 4. The fourth-order valence-corrected chi connectivity index (χ4v) is 13.8. The molecule has 2 bridgehead atoms. The number of hydrogen-bond acceptors (Lipinski definition) is 17. The second-order valence-electron chi connectivity index (χ2n) is 19.6. The number of nitrogens with zero attached hydrogens (tertiary/aromatic N) is 1. The molecule has 4 rings (SSSR count). The molecule has 4 heterocycles. The number of likely N-dealkylation sites (N-methyl/N-ethyl adjacent to an activating group) is 1. The predicted molar refractivity (Wildman–Crippen MR) is 272 cm³/mol. The van der Waals surface area contributed by atoms with Crippen molar-refractivity contribution in [2.24, 2.45) is 23.7 Å². The molecule has 400 valence electrons. The SMILES string of the molecule is C=CC1COCC[C@H]2C[C@@H](C)C(=O)/C=C/C(C)=C/[C@H](CO[C@@H]3OC(C)[C@@H](O[Si](CC)(CC)CC)C(OC)C3OC)[C@@H](I)OC(=O)C[C@@H](O1)[C@H](C)[C@H]2O[C@@H]1OC(C)[C@@H](OC(C)=O)C(N(C)C)C1OC(C)=O. The summed E-state index contributed by atoms with van der Waals surface area (Å²) >= 11 is 2.11. The van der Waals surface area contributed by atoms with Crippen molar-refractivity contribution < 1.29 is 75.7 Å². The molecule has 0 aromatic carbocycles. The molecule has 0 aromatic rings. The van der Waals surface area contributed by atoms with Crippen molar-refractivity contribution in [3.8, 4) is 0 Å². The van der Waals surface area contributed by atoms with E-state index in [1.807, 2.05) is 38.7 Å². The number of ether oxygens (including phenoxy) is 11. The van der Waals surface area contributed by atoms with Crippen molar-refractivity contribution in [1.29, 1.82) is 0 Å². The summed E-state index contributed by atoms with van der Waals surface area (Å²) in [4.78, 5) is 55.4. The summed E-state index contributed by atoms with van der Waals surface area (Å²) in [5.74, 6) is -3.59. The average Bonchev–Trinajstić information content (AvgIpc) is 3.31. The number of allylic oxidation sites excluding steroid dienone is 3. The van der Waals surface area contributed by atoms with Gasteiger partial charge in [0, 0.05) is 52.4 Å². The molecule has 0 N–H and O–H groups in total. The van der Waals surface area contributed by atoms with Crippen LogP contribution in [0.15, 0.2) is 36.5 Å². The first-order valence-corrected chi connectivity index (χ1v) is 28.9. The maximum absolute atomic E-state index is 14.4. The van der Waals surface area contributed by atoms with Crippen molar-refractivity contribution in [3.63, 3.8) is 0 Å². The molecule has 0 aliphatic carbocycles. The van der Waals surface area contributed by atoms with Gasteiger partial charge in [0.05, 0.1) is 62.3 Å². The van der Waals surface area contributed by atoms with Crippen LogP contribution in [0.4, 0.5) is 0 Å². The van der Waals surface area contributed by atoms with Gasteiger partial charge in [0.2, 0.25) is 0 Å². The Kier molecular flexibility index (Phi) is 24.6. The molecule has 70 heavy (non-hydrogen) atoms. The van der Waals surface area contributed by atoms with Gasteiger partial charge in [-0.3, -0.25) is 24.1 Å². The van der Waals surface area contributed by atoms with Crippen LogP contribution in [0.1, 0.15) is 88.5 Å². The van der Waals surface area contributed by atoms with Crippen molar-refractivity contribution in [2.45, 2.75) is 190 Å². The highest BCUT2D eigenvalue weighted by Gasteiger charge is 2.53. The topological polar surface area (TPSA) is 182 Å². The highest BCUT2D eigenvalue weighted by atomic mass is 127. The van der Waals surface area contributed by atoms with Crippen LogP contribution < -0.4 is 0 Å². The van der Waals surface area contributed by atoms with Gasteiger partial charge >= 0.3 is 17.9 Å². The number of alkyl halides is 1. The molecule has 0 radical (unpaired) electrons. The Hall–Kier alpha value is -2.15. The number of methoxy groups -OCH3 is 2. The predicted octanol–water partition coefficient (Wildman–Crippen LogP) is 7.13. The summed E-state index contributed by atoms with van der Waals surface area (Å²) in [5, 5.41) is 0. The minimum Gasteiger partial charge on any atom is -0.458 e. The Morgan fingerprint density at radius 3 is 2.06 bits per heavy atom. The zero-order valence-corrected chi connectivity index (χ0v) is 47.3. The van der Waals surface area contributed by atoms with Gasteiger partial charge in [-0.15, -0.1) is 6.58 Å². The Labute approximate surface area is 431 Å². The summed E-state index contributed by atoms with van der Waals surface area (Å²) in [5.41, 5.74) is 0.759. The van der Waals surface area contributed by atoms with E-state index in [9.17, 15) is 19.2 Å². The first-order chi connectivity index (χ1) is 33.2. The molecule has 0 amide bonds. The molecular weight excluding hydrogens is 1040 g/mol. The van der Waals surface area contributed by atoms with E-state index in [0.29, 0.717) is 19.4 Å². The quantitative estimate of drug-likeness (QED) is 0.0380. The largest absolute Gasteiger partial charge is 0.458 e. The maximum atomic E-state index is 14.4. The number of hydrogen-bond donors (Lipinski definition) is 0. The third-order valence-corrected chi connectivity index (χ3v) is 20.3. The van der Waals surface area contributed by atoms with Crippen LogP contribution in [0, 0.1) is 23.7 Å². The lowest BCUT2D eigenvalue weighted by Crippen LogP contribution is -2.65. The van der Waals surface area contributed by atoms with Crippen LogP contribution in [0.2, 0.25) is 18.1 Å². The zero-order valence-electron chi connectivity index (χ0n) is 44.1. The van der Waals surface area contributed by atoms with Crippen LogP contribution in [0.3, 0.4) is 0 Å². The zero-order chi connectivity index (χ0) is 52.0. The smallest absolute Gasteiger partial charge is 0.309 e. The Morgan fingerprint density at radius 1 is 0.857 bits per heavy atom. The van der Waals surface area contributed by atoms with Gasteiger partial charge in [0.1, 0.15) is 18.3 Å². The highest BCUT2D eigenvalue weighted by molar-refractivity contribution is 14.1. The van der Waals surface area contributed by atoms with Crippen LogP contribution in [-0.4, -0.2) is 169 Å². The fraction of sp³-hybridized carbons (Fsp3) is 0.804. The second kappa shape index (κ2) is 28.5. The number of cyclic esters (lactones) is 1. The first-order valence-electron chi connectivity index (χ1n) is 25.1. The van der Waals surface area contributed by atoms with Crippen LogP contribution in [0.25, 0.3) is 0 Å². The molecule has 3 saturated heterocycles. The molecule has 7 unspecified atom stereocenters. The molecule has 0 aromatic heterocycles. The Morgan fingerprint density at radius 2 is 1.47 bits per heavy atom.